The van der Waals surface area contributed by atoms with Gasteiger partial charge in [0.1, 0.15) is 6.10 Å². The molecule has 148 valence electrons. The fraction of sp³-hybridized carbons (Fsp3) is 0.542. The molecule has 0 aromatic heterocycles. The maximum atomic E-state index is 12.0. The van der Waals surface area contributed by atoms with Gasteiger partial charge >= 0.3 is 0 Å². The number of hydrogen-bond donors (Lipinski definition) is 1. The minimum absolute atomic E-state index is 0.0492. The highest BCUT2D eigenvalue weighted by Crippen LogP contribution is 2.40. The second kappa shape index (κ2) is 8.88. The molecule has 1 aromatic carbocycles. The Labute approximate surface area is 164 Å². The molecular formula is C24H35NO2. The van der Waals surface area contributed by atoms with E-state index >= 15 is 0 Å². The summed E-state index contributed by atoms with van der Waals surface area (Å²) in [5, 5.41) is 3.78. The summed E-state index contributed by atoms with van der Waals surface area (Å²) in [4.78, 5) is 12.0. The summed E-state index contributed by atoms with van der Waals surface area (Å²) in [5.74, 6) is 0.121. The van der Waals surface area contributed by atoms with Crippen LogP contribution in [0.5, 0.6) is 0 Å². The number of para-hydroxylation sites is 1. The summed E-state index contributed by atoms with van der Waals surface area (Å²) in [5.41, 5.74) is 2.18. The number of hydrogen-bond acceptors (Lipinski definition) is 3. The van der Waals surface area contributed by atoms with E-state index < -0.39 is 0 Å². The molecule has 0 spiro atoms. The monoisotopic (exact) mass is 369 g/mol. The van der Waals surface area contributed by atoms with Gasteiger partial charge in [-0.2, -0.15) is 0 Å². The Morgan fingerprint density at radius 1 is 1.33 bits per heavy atom. The zero-order valence-electron chi connectivity index (χ0n) is 17.4. The molecule has 1 aliphatic heterocycles. The van der Waals surface area contributed by atoms with Crippen LogP contribution in [0.25, 0.3) is 0 Å². The quantitative estimate of drug-likeness (QED) is 0.566. The average molecular weight is 370 g/mol. The van der Waals surface area contributed by atoms with Crippen molar-refractivity contribution in [3.8, 4) is 0 Å². The molecule has 1 saturated heterocycles. The van der Waals surface area contributed by atoms with E-state index in [-0.39, 0.29) is 28.9 Å². The average Bonchev–Trinajstić information content (AvgIpc) is 2.58. The number of nitrogens with one attached hydrogen (secondary N) is 1. The number of Topliss-reactive ketones (excluding diaryl/α,β-unsaturated/α-hetero) is 1. The smallest absolute Gasteiger partial charge is 0.158 e. The Balaban J connectivity index is 2.30. The van der Waals surface area contributed by atoms with Crippen LogP contribution in [0.3, 0.4) is 0 Å². The normalized spacial score (nSPS) is 25.6. The van der Waals surface area contributed by atoms with Crippen molar-refractivity contribution in [2.75, 3.05) is 5.32 Å². The van der Waals surface area contributed by atoms with Crippen LogP contribution in [0.2, 0.25) is 0 Å². The van der Waals surface area contributed by atoms with Crippen molar-refractivity contribution in [2.24, 2.45) is 5.41 Å². The van der Waals surface area contributed by atoms with Crippen molar-refractivity contribution in [1.29, 1.82) is 0 Å². The Hall–Kier alpha value is -1.87. The van der Waals surface area contributed by atoms with Crippen molar-refractivity contribution in [3.05, 3.63) is 55.1 Å². The predicted octanol–water partition coefficient (Wildman–Crippen LogP) is 5.71. The van der Waals surface area contributed by atoms with Gasteiger partial charge in [-0.25, -0.2) is 0 Å². The summed E-state index contributed by atoms with van der Waals surface area (Å²) < 4.78 is 6.35. The zero-order valence-corrected chi connectivity index (χ0v) is 17.4. The van der Waals surface area contributed by atoms with Crippen molar-refractivity contribution in [3.63, 3.8) is 0 Å². The highest BCUT2D eigenvalue weighted by atomic mass is 16.5. The molecule has 3 heteroatoms. The standard InChI is InChI=1S/C24H35NO2/c1-7-11-19-12-9-10-13-20(19)25-24(6)16-14-21(18(3)26)27-22(24)17-23(4,5)15-8-2/h7-10,12-13,21-22,25H,1-2,11,14-17H2,3-6H3/t21-,22-,24+/m0/s1. The van der Waals surface area contributed by atoms with E-state index in [0.717, 1.165) is 37.8 Å². The van der Waals surface area contributed by atoms with Crippen molar-refractivity contribution in [2.45, 2.75) is 77.5 Å². The molecular weight excluding hydrogens is 334 g/mol. The summed E-state index contributed by atoms with van der Waals surface area (Å²) in [7, 11) is 0. The molecule has 0 radical (unpaired) electrons. The van der Waals surface area contributed by atoms with Crippen LogP contribution in [0.1, 0.15) is 58.9 Å². The third kappa shape index (κ3) is 5.55. The van der Waals surface area contributed by atoms with Gasteiger partial charge in [0.15, 0.2) is 5.78 Å². The van der Waals surface area contributed by atoms with Gasteiger partial charge in [-0.1, -0.05) is 44.2 Å². The van der Waals surface area contributed by atoms with Crippen LogP contribution < -0.4 is 5.32 Å². The number of allylic oxidation sites excluding steroid dienone is 2. The second-order valence-corrected chi connectivity index (χ2v) is 8.82. The lowest BCUT2D eigenvalue weighted by atomic mass is 9.74. The first-order valence-corrected chi connectivity index (χ1v) is 9.94. The molecule has 1 aromatic rings. The number of carbonyl (C=O) groups excluding carboxylic acids is 1. The number of ketones is 1. The van der Waals surface area contributed by atoms with Crippen molar-refractivity contribution in [1.82, 2.24) is 0 Å². The van der Waals surface area contributed by atoms with E-state index in [4.69, 9.17) is 4.74 Å². The fourth-order valence-electron chi connectivity index (χ4n) is 3.98. The first-order valence-electron chi connectivity index (χ1n) is 9.94. The van der Waals surface area contributed by atoms with Crippen LogP contribution in [0, 0.1) is 5.41 Å². The Morgan fingerprint density at radius 2 is 2.04 bits per heavy atom. The van der Waals surface area contributed by atoms with Crippen molar-refractivity contribution < 1.29 is 9.53 Å². The molecule has 3 nitrogen and oxygen atoms in total. The van der Waals surface area contributed by atoms with Gasteiger partial charge in [-0.15, -0.1) is 13.2 Å². The summed E-state index contributed by atoms with van der Waals surface area (Å²) >= 11 is 0. The van der Waals surface area contributed by atoms with Crippen LogP contribution >= 0.6 is 0 Å². The first-order chi connectivity index (χ1) is 12.7. The van der Waals surface area contributed by atoms with Gasteiger partial charge < -0.3 is 10.1 Å². The molecule has 1 fully saturated rings. The lowest BCUT2D eigenvalue weighted by Crippen LogP contribution is -2.55. The highest BCUT2D eigenvalue weighted by molar-refractivity contribution is 5.80. The molecule has 3 atom stereocenters. The summed E-state index contributed by atoms with van der Waals surface area (Å²) in [6, 6.07) is 8.36. The molecule has 1 aliphatic rings. The van der Waals surface area contributed by atoms with Crippen LogP contribution in [0.4, 0.5) is 5.69 Å². The molecule has 0 bridgehead atoms. The second-order valence-electron chi connectivity index (χ2n) is 8.82. The number of ether oxygens (including phenoxy) is 1. The molecule has 2 rings (SSSR count). The van der Waals surface area contributed by atoms with E-state index in [1.807, 2.05) is 12.2 Å². The number of carbonyl (C=O) groups is 1. The highest BCUT2D eigenvalue weighted by Gasteiger charge is 2.44. The third-order valence-electron chi connectivity index (χ3n) is 5.66. The van der Waals surface area contributed by atoms with Crippen molar-refractivity contribution >= 4 is 11.5 Å². The van der Waals surface area contributed by atoms with Crippen LogP contribution in [-0.4, -0.2) is 23.5 Å². The third-order valence-corrected chi connectivity index (χ3v) is 5.66. The predicted molar refractivity (Wildman–Crippen MR) is 114 cm³/mol. The Bertz CT molecular complexity index is 679. The van der Waals surface area contributed by atoms with Gasteiger partial charge in [-0.3, -0.25) is 4.79 Å². The summed E-state index contributed by atoms with van der Waals surface area (Å²) in [6.07, 6.45) is 7.81. The Kier molecular flexibility index (Phi) is 7.05. The Morgan fingerprint density at radius 3 is 2.67 bits per heavy atom. The molecule has 27 heavy (non-hydrogen) atoms. The van der Waals surface area contributed by atoms with Gasteiger partial charge in [0.2, 0.25) is 0 Å². The fourth-order valence-corrected chi connectivity index (χ4v) is 3.98. The van der Waals surface area contributed by atoms with Gasteiger partial charge in [0.25, 0.3) is 0 Å². The van der Waals surface area contributed by atoms with E-state index in [2.05, 4.69) is 63.5 Å². The van der Waals surface area contributed by atoms with E-state index in [1.54, 1.807) is 6.92 Å². The maximum Gasteiger partial charge on any atom is 0.158 e. The van der Waals surface area contributed by atoms with Crippen LogP contribution in [0.15, 0.2) is 49.6 Å². The molecule has 0 aliphatic carbocycles. The molecule has 1 N–H and O–H groups in total. The lowest BCUT2D eigenvalue weighted by Gasteiger charge is -2.47. The first kappa shape index (κ1) is 21.4. The largest absolute Gasteiger partial charge is 0.377 e. The van der Waals surface area contributed by atoms with Gasteiger partial charge in [0.05, 0.1) is 11.6 Å². The van der Waals surface area contributed by atoms with Gasteiger partial charge in [-0.05, 0) is 63.0 Å². The van der Waals surface area contributed by atoms with E-state index in [1.165, 1.54) is 5.56 Å². The minimum atomic E-state index is -0.298. The number of rotatable bonds is 9. The van der Waals surface area contributed by atoms with Crippen LogP contribution in [-0.2, 0) is 16.0 Å². The molecule has 0 unspecified atom stereocenters. The molecule has 1 heterocycles. The van der Waals surface area contributed by atoms with E-state index in [9.17, 15) is 4.79 Å². The van der Waals surface area contributed by atoms with E-state index in [0.29, 0.717) is 0 Å². The molecule has 0 saturated carbocycles. The lowest BCUT2D eigenvalue weighted by molar-refractivity contribution is -0.145. The van der Waals surface area contributed by atoms with Gasteiger partial charge in [0, 0.05) is 5.69 Å². The minimum Gasteiger partial charge on any atom is -0.377 e. The topological polar surface area (TPSA) is 38.3 Å². The zero-order chi connectivity index (χ0) is 20.1. The molecule has 0 amide bonds. The maximum absolute atomic E-state index is 12.0. The number of benzene rings is 1. The SMILES string of the molecule is C=CCc1ccccc1N[C@]1(C)CC[C@@H](C(C)=O)O[C@H]1CC(C)(C)CC=C. The summed E-state index contributed by atoms with van der Waals surface area (Å²) in [6.45, 7) is 16.1. The number of anilines is 1.